The van der Waals surface area contributed by atoms with Crippen molar-refractivity contribution in [3.05, 3.63) is 188 Å². The van der Waals surface area contributed by atoms with Crippen LogP contribution < -0.4 is 0 Å². The Hall–Kier alpha value is -7.41. The lowest BCUT2D eigenvalue weighted by atomic mass is 10.0. The number of aromatic nitrogens is 5. The van der Waals surface area contributed by atoms with Gasteiger partial charge in [0.25, 0.3) is 0 Å². The summed E-state index contributed by atoms with van der Waals surface area (Å²) in [6.45, 7) is 0. The first kappa shape index (κ1) is 31.9. The van der Waals surface area contributed by atoms with E-state index in [0.29, 0.717) is 17.5 Å². The first-order chi connectivity index (χ1) is 28.3. The molecule has 0 aliphatic carbocycles. The number of fused-ring (bicyclic) bond motifs is 10. The van der Waals surface area contributed by atoms with Crippen molar-refractivity contribution in [2.45, 2.75) is 0 Å². The lowest BCUT2D eigenvalue weighted by Gasteiger charge is -2.10. The molecule has 0 atom stereocenters. The summed E-state index contributed by atoms with van der Waals surface area (Å²) in [6.07, 6.45) is 0. The Bertz CT molecular complexity index is 3400. The molecule has 4 heterocycles. The van der Waals surface area contributed by atoms with Crippen LogP contribution in [0.5, 0.6) is 0 Å². The van der Waals surface area contributed by atoms with Crippen molar-refractivity contribution in [1.29, 1.82) is 0 Å². The third-order valence-electron chi connectivity index (χ3n) is 11.2. The number of rotatable bonds is 5. The molecule has 0 radical (unpaired) electrons. The van der Waals surface area contributed by atoms with Gasteiger partial charge in [0.05, 0.1) is 27.8 Å². The number of hydrogen-bond acceptors (Lipinski definition) is 4. The quantitative estimate of drug-likeness (QED) is 0.176. The van der Waals surface area contributed by atoms with Gasteiger partial charge in [0, 0.05) is 64.1 Å². The fourth-order valence-electron chi connectivity index (χ4n) is 8.67. The van der Waals surface area contributed by atoms with Crippen LogP contribution in [0.2, 0.25) is 0 Å². The van der Waals surface area contributed by atoms with Gasteiger partial charge < -0.3 is 9.13 Å². The molecule has 12 aromatic rings. The van der Waals surface area contributed by atoms with Gasteiger partial charge in [-0.3, -0.25) is 0 Å². The number of hydrogen-bond donors (Lipinski definition) is 0. The second-order valence-electron chi connectivity index (χ2n) is 14.4. The molecule has 4 aromatic heterocycles. The molecular formula is C51H31N5S. The third-order valence-corrected chi connectivity index (χ3v) is 12.4. The van der Waals surface area contributed by atoms with Crippen LogP contribution in [-0.4, -0.2) is 24.1 Å². The van der Waals surface area contributed by atoms with E-state index in [4.69, 9.17) is 15.0 Å². The molecule has 0 fully saturated rings. The molecule has 57 heavy (non-hydrogen) atoms. The largest absolute Gasteiger partial charge is 0.309 e. The molecule has 0 aliphatic heterocycles. The summed E-state index contributed by atoms with van der Waals surface area (Å²) in [7, 11) is 0. The summed E-state index contributed by atoms with van der Waals surface area (Å²) in [6, 6.07) is 66.5. The van der Waals surface area contributed by atoms with Crippen molar-refractivity contribution >= 4 is 75.1 Å². The Kier molecular flexibility index (Phi) is 7.03. The minimum absolute atomic E-state index is 0.641. The standard InChI is InChI=1S/C51H31N5S/c1-4-15-32(16-5-1)49-52-50(33-17-6-2-7-18-33)54-51(53-49)34-27-29-42-39(31-34)47-44(55(42)35-19-8-3-9-20-35)30-28-38-46-43(25-14-26-45(46)57-48(38)47)56-40-23-12-10-21-36(40)37-22-11-13-24-41(37)56/h1-31H. The summed E-state index contributed by atoms with van der Waals surface area (Å²) in [5.41, 5.74) is 9.86. The van der Waals surface area contributed by atoms with E-state index in [1.165, 1.54) is 53.1 Å². The number of nitrogens with zero attached hydrogens (tertiary/aromatic N) is 5. The van der Waals surface area contributed by atoms with E-state index in [1.54, 1.807) is 0 Å². The Morgan fingerprint density at radius 3 is 1.54 bits per heavy atom. The third kappa shape index (κ3) is 4.91. The van der Waals surface area contributed by atoms with Crippen molar-refractivity contribution in [3.63, 3.8) is 0 Å². The van der Waals surface area contributed by atoms with Gasteiger partial charge in [-0.1, -0.05) is 127 Å². The van der Waals surface area contributed by atoms with E-state index in [0.717, 1.165) is 38.8 Å². The fourth-order valence-corrected chi connectivity index (χ4v) is 9.95. The zero-order chi connectivity index (χ0) is 37.5. The Morgan fingerprint density at radius 2 is 0.895 bits per heavy atom. The van der Waals surface area contributed by atoms with Crippen molar-refractivity contribution in [2.75, 3.05) is 0 Å². The maximum absolute atomic E-state index is 5.11. The van der Waals surface area contributed by atoms with Crippen LogP contribution in [-0.2, 0) is 0 Å². The van der Waals surface area contributed by atoms with E-state index >= 15 is 0 Å². The molecule has 0 N–H and O–H groups in total. The van der Waals surface area contributed by atoms with E-state index in [-0.39, 0.29) is 0 Å². The fraction of sp³-hybridized carbons (Fsp3) is 0. The van der Waals surface area contributed by atoms with Crippen molar-refractivity contribution in [2.24, 2.45) is 0 Å². The molecule has 266 valence electrons. The zero-order valence-electron chi connectivity index (χ0n) is 30.5. The van der Waals surface area contributed by atoms with Gasteiger partial charge in [0.15, 0.2) is 17.5 Å². The van der Waals surface area contributed by atoms with Crippen LogP contribution in [0.1, 0.15) is 0 Å². The molecule has 0 spiro atoms. The predicted molar refractivity (Wildman–Crippen MR) is 238 cm³/mol. The van der Waals surface area contributed by atoms with Gasteiger partial charge in [0.2, 0.25) is 0 Å². The first-order valence-corrected chi connectivity index (χ1v) is 19.9. The molecule has 0 amide bonds. The second kappa shape index (κ2) is 12.6. The van der Waals surface area contributed by atoms with Crippen LogP contribution in [0.4, 0.5) is 0 Å². The lowest BCUT2D eigenvalue weighted by molar-refractivity contribution is 1.07. The van der Waals surface area contributed by atoms with Crippen LogP contribution >= 0.6 is 11.3 Å². The summed E-state index contributed by atoms with van der Waals surface area (Å²) >= 11 is 1.87. The number of benzene rings is 8. The van der Waals surface area contributed by atoms with E-state index in [1.807, 2.05) is 47.7 Å². The van der Waals surface area contributed by atoms with Gasteiger partial charge in [0.1, 0.15) is 0 Å². The summed E-state index contributed by atoms with van der Waals surface area (Å²) in [4.78, 5) is 15.2. The Morgan fingerprint density at radius 1 is 0.351 bits per heavy atom. The van der Waals surface area contributed by atoms with Gasteiger partial charge >= 0.3 is 0 Å². The molecule has 5 nitrogen and oxygen atoms in total. The second-order valence-corrected chi connectivity index (χ2v) is 15.5. The highest BCUT2D eigenvalue weighted by molar-refractivity contribution is 7.27. The minimum atomic E-state index is 0.641. The van der Waals surface area contributed by atoms with Crippen molar-refractivity contribution in [1.82, 2.24) is 24.1 Å². The SMILES string of the molecule is c1ccc(-c2nc(-c3ccccc3)nc(-c3ccc4c(c3)c3c5sc6cccc(-n7c8ccccc8c8ccccc87)c6c5ccc3n4-c3ccccc3)n2)cc1. The highest BCUT2D eigenvalue weighted by atomic mass is 32.1. The summed E-state index contributed by atoms with van der Waals surface area (Å²) in [5.74, 6) is 1.94. The van der Waals surface area contributed by atoms with Gasteiger partial charge in [-0.15, -0.1) is 11.3 Å². The topological polar surface area (TPSA) is 48.5 Å². The molecule has 0 unspecified atom stereocenters. The highest BCUT2D eigenvalue weighted by Gasteiger charge is 2.22. The number of thiophene rings is 1. The summed E-state index contributed by atoms with van der Waals surface area (Å²) in [5, 5.41) is 7.41. The summed E-state index contributed by atoms with van der Waals surface area (Å²) < 4.78 is 7.36. The van der Waals surface area contributed by atoms with Gasteiger partial charge in [-0.05, 0) is 60.7 Å². The van der Waals surface area contributed by atoms with E-state index in [2.05, 4.69) is 161 Å². The molecular weight excluding hydrogens is 715 g/mol. The van der Waals surface area contributed by atoms with Crippen LogP contribution in [0.15, 0.2) is 188 Å². The van der Waals surface area contributed by atoms with E-state index in [9.17, 15) is 0 Å². The maximum atomic E-state index is 5.11. The molecule has 8 aromatic carbocycles. The minimum Gasteiger partial charge on any atom is -0.309 e. The molecule has 0 saturated heterocycles. The predicted octanol–water partition coefficient (Wildman–Crippen LogP) is 13.4. The van der Waals surface area contributed by atoms with Gasteiger partial charge in [-0.25, -0.2) is 15.0 Å². The van der Waals surface area contributed by atoms with Crippen LogP contribution in [0, 0.1) is 0 Å². The van der Waals surface area contributed by atoms with Crippen LogP contribution in [0.25, 0.3) is 109 Å². The van der Waals surface area contributed by atoms with Crippen molar-refractivity contribution < 1.29 is 0 Å². The monoisotopic (exact) mass is 745 g/mol. The maximum Gasteiger partial charge on any atom is 0.164 e. The molecule has 0 saturated carbocycles. The average Bonchev–Trinajstić information content (AvgIpc) is 3.95. The van der Waals surface area contributed by atoms with Gasteiger partial charge in [-0.2, -0.15) is 0 Å². The number of para-hydroxylation sites is 3. The van der Waals surface area contributed by atoms with Crippen molar-refractivity contribution in [3.8, 4) is 45.5 Å². The van der Waals surface area contributed by atoms with Crippen LogP contribution in [0.3, 0.4) is 0 Å². The smallest absolute Gasteiger partial charge is 0.164 e. The Balaban J connectivity index is 1.15. The molecule has 12 rings (SSSR count). The zero-order valence-corrected chi connectivity index (χ0v) is 31.4. The molecule has 0 aliphatic rings. The normalized spacial score (nSPS) is 11.9. The lowest BCUT2D eigenvalue weighted by Crippen LogP contribution is -2.00. The van der Waals surface area contributed by atoms with E-state index < -0.39 is 0 Å². The molecule has 6 heteroatoms. The average molecular weight is 746 g/mol. The highest BCUT2D eigenvalue weighted by Crippen LogP contribution is 2.46. The molecule has 0 bridgehead atoms. The first-order valence-electron chi connectivity index (χ1n) is 19.1. The Labute approximate surface area is 331 Å².